The highest BCUT2D eigenvalue weighted by atomic mass is 16.5. The highest BCUT2D eigenvalue weighted by molar-refractivity contribution is 5.89. The van der Waals surface area contributed by atoms with Crippen LogP contribution in [0.15, 0.2) is 30.3 Å². The van der Waals surface area contributed by atoms with Crippen LogP contribution in [-0.4, -0.2) is 12.1 Å². The van der Waals surface area contributed by atoms with Crippen molar-refractivity contribution >= 4 is 5.97 Å². The van der Waals surface area contributed by atoms with E-state index < -0.39 is 12.1 Å². The highest BCUT2D eigenvalue weighted by Gasteiger charge is 2.13. The van der Waals surface area contributed by atoms with Gasteiger partial charge in [0.2, 0.25) is 0 Å². The summed E-state index contributed by atoms with van der Waals surface area (Å²) in [4.78, 5) is 11.5. The van der Waals surface area contributed by atoms with Gasteiger partial charge in [-0.1, -0.05) is 31.5 Å². The third-order valence-electron chi connectivity index (χ3n) is 1.95. The van der Waals surface area contributed by atoms with Crippen molar-refractivity contribution in [1.82, 2.24) is 0 Å². The van der Waals surface area contributed by atoms with Crippen LogP contribution in [-0.2, 0) is 4.74 Å². The first-order valence-corrected chi connectivity index (χ1v) is 4.93. The minimum absolute atomic E-state index is 0.435. The maximum absolute atomic E-state index is 11.5. The summed E-state index contributed by atoms with van der Waals surface area (Å²) in [5.41, 5.74) is 0.480. The molecule has 1 rings (SSSR count). The summed E-state index contributed by atoms with van der Waals surface area (Å²) in [6, 6.07) is 10.6. The fourth-order valence-electron chi connectivity index (χ4n) is 1.18. The SMILES string of the molecule is CCC[C@H](C#N)OC(=O)c1ccccc1. The number of esters is 1. The van der Waals surface area contributed by atoms with Gasteiger partial charge in [-0.15, -0.1) is 0 Å². The van der Waals surface area contributed by atoms with Gasteiger partial charge in [-0.2, -0.15) is 5.26 Å². The van der Waals surface area contributed by atoms with Crippen LogP contribution in [0.2, 0.25) is 0 Å². The molecule has 0 N–H and O–H groups in total. The third kappa shape index (κ3) is 3.43. The van der Waals surface area contributed by atoms with Crippen molar-refractivity contribution in [3.8, 4) is 6.07 Å². The van der Waals surface area contributed by atoms with Crippen LogP contribution in [0.3, 0.4) is 0 Å². The Balaban J connectivity index is 2.60. The Kier molecular flexibility index (Phi) is 4.36. The van der Waals surface area contributed by atoms with Crippen LogP contribution >= 0.6 is 0 Å². The summed E-state index contributed by atoms with van der Waals surface area (Å²) < 4.78 is 5.03. The van der Waals surface area contributed by atoms with Crippen LogP contribution in [0.4, 0.5) is 0 Å². The average molecular weight is 203 g/mol. The fraction of sp³-hybridized carbons (Fsp3) is 0.333. The van der Waals surface area contributed by atoms with Gasteiger partial charge in [0.05, 0.1) is 5.56 Å². The van der Waals surface area contributed by atoms with Crippen molar-refractivity contribution in [2.75, 3.05) is 0 Å². The minimum Gasteiger partial charge on any atom is -0.443 e. The van der Waals surface area contributed by atoms with E-state index in [9.17, 15) is 4.79 Å². The van der Waals surface area contributed by atoms with Crippen LogP contribution in [0.1, 0.15) is 30.1 Å². The van der Waals surface area contributed by atoms with E-state index in [-0.39, 0.29) is 0 Å². The standard InChI is InChI=1S/C12H13NO2/c1-2-6-11(9-13)15-12(14)10-7-4-3-5-8-10/h3-5,7-8,11H,2,6H2,1H3/t11-/m1/s1. The van der Waals surface area contributed by atoms with Gasteiger partial charge in [-0.3, -0.25) is 0 Å². The molecule has 0 heterocycles. The van der Waals surface area contributed by atoms with Crippen molar-refractivity contribution in [3.63, 3.8) is 0 Å². The maximum Gasteiger partial charge on any atom is 0.339 e. The number of hydrogen-bond donors (Lipinski definition) is 0. The van der Waals surface area contributed by atoms with Crippen molar-refractivity contribution in [1.29, 1.82) is 5.26 Å². The van der Waals surface area contributed by atoms with E-state index in [0.29, 0.717) is 12.0 Å². The molecule has 1 atom stereocenters. The lowest BCUT2D eigenvalue weighted by atomic mass is 10.2. The van der Waals surface area contributed by atoms with E-state index in [4.69, 9.17) is 10.00 Å². The lowest BCUT2D eigenvalue weighted by Gasteiger charge is -2.09. The van der Waals surface area contributed by atoms with Crippen molar-refractivity contribution in [2.24, 2.45) is 0 Å². The van der Waals surface area contributed by atoms with Crippen molar-refractivity contribution < 1.29 is 9.53 Å². The number of benzene rings is 1. The molecule has 0 aliphatic carbocycles. The Morgan fingerprint density at radius 1 is 1.47 bits per heavy atom. The Morgan fingerprint density at radius 3 is 2.67 bits per heavy atom. The van der Waals surface area contributed by atoms with Crippen LogP contribution in [0.25, 0.3) is 0 Å². The Hall–Kier alpha value is -1.82. The van der Waals surface area contributed by atoms with Crippen molar-refractivity contribution in [3.05, 3.63) is 35.9 Å². The monoisotopic (exact) mass is 203 g/mol. The Labute approximate surface area is 89.3 Å². The molecular formula is C12H13NO2. The van der Waals surface area contributed by atoms with E-state index in [1.54, 1.807) is 24.3 Å². The molecule has 0 fully saturated rings. The third-order valence-corrected chi connectivity index (χ3v) is 1.95. The minimum atomic E-state index is -0.636. The van der Waals surface area contributed by atoms with Gasteiger partial charge >= 0.3 is 5.97 Å². The number of nitriles is 1. The second-order valence-electron chi connectivity index (χ2n) is 3.18. The molecule has 0 unspecified atom stereocenters. The van der Waals surface area contributed by atoms with Crippen LogP contribution in [0, 0.1) is 11.3 Å². The maximum atomic E-state index is 11.5. The van der Waals surface area contributed by atoms with E-state index in [1.165, 1.54) is 0 Å². The Bertz CT molecular complexity index is 354. The molecule has 0 bridgehead atoms. The van der Waals surface area contributed by atoms with Gasteiger partial charge in [-0.25, -0.2) is 4.79 Å². The zero-order valence-corrected chi connectivity index (χ0v) is 8.64. The average Bonchev–Trinajstić information content (AvgIpc) is 2.29. The number of carbonyl (C=O) groups excluding carboxylic acids is 1. The molecule has 0 amide bonds. The molecule has 0 aliphatic rings. The number of rotatable bonds is 4. The van der Waals surface area contributed by atoms with Crippen LogP contribution < -0.4 is 0 Å². The molecule has 0 spiro atoms. The summed E-state index contributed by atoms with van der Waals surface area (Å²) >= 11 is 0. The molecule has 0 aliphatic heterocycles. The molecule has 3 nitrogen and oxygen atoms in total. The molecular weight excluding hydrogens is 190 g/mol. The highest BCUT2D eigenvalue weighted by Crippen LogP contribution is 2.07. The van der Waals surface area contributed by atoms with Gasteiger partial charge in [0.25, 0.3) is 0 Å². The fourth-order valence-corrected chi connectivity index (χ4v) is 1.18. The van der Waals surface area contributed by atoms with E-state index in [2.05, 4.69) is 0 Å². The first-order chi connectivity index (χ1) is 7.27. The smallest absolute Gasteiger partial charge is 0.339 e. The summed E-state index contributed by atoms with van der Waals surface area (Å²) in [6.45, 7) is 1.95. The molecule has 0 radical (unpaired) electrons. The van der Waals surface area contributed by atoms with E-state index in [1.807, 2.05) is 19.1 Å². The molecule has 15 heavy (non-hydrogen) atoms. The summed E-state index contributed by atoms with van der Waals surface area (Å²) in [5, 5.41) is 8.73. The predicted molar refractivity (Wildman–Crippen MR) is 56.2 cm³/mol. The van der Waals surface area contributed by atoms with Crippen molar-refractivity contribution in [2.45, 2.75) is 25.9 Å². The first kappa shape index (κ1) is 11.3. The number of carbonyl (C=O) groups is 1. The van der Waals surface area contributed by atoms with E-state index in [0.717, 1.165) is 6.42 Å². The topological polar surface area (TPSA) is 50.1 Å². The van der Waals surface area contributed by atoms with Gasteiger partial charge in [0, 0.05) is 0 Å². The number of nitrogens with zero attached hydrogens (tertiary/aromatic N) is 1. The molecule has 0 aromatic heterocycles. The first-order valence-electron chi connectivity index (χ1n) is 4.93. The largest absolute Gasteiger partial charge is 0.443 e. The molecule has 1 aromatic carbocycles. The van der Waals surface area contributed by atoms with Gasteiger partial charge in [0.15, 0.2) is 6.10 Å². The zero-order valence-electron chi connectivity index (χ0n) is 8.64. The van der Waals surface area contributed by atoms with Gasteiger partial charge in [-0.05, 0) is 18.6 Å². The quantitative estimate of drug-likeness (QED) is 0.706. The van der Waals surface area contributed by atoms with Gasteiger partial charge < -0.3 is 4.74 Å². The molecule has 3 heteroatoms. The summed E-state index contributed by atoms with van der Waals surface area (Å²) in [6.07, 6.45) is 0.762. The predicted octanol–water partition coefficient (Wildman–Crippen LogP) is 2.54. The molecule has 0 saturated heterocycles. The van der Waals surface area contributed by atoms with Gasteiger partial charge in [0.1, 0.15) is 6.07 Å². The lowest BCUT2D eigenvalue weighted by molar-refractivity contribution is 0.0392. The molecule has 0 saturated carbocycles. The summed E-state index contributed by atoms with van der Waals surface area (Å²) in [5.74, 6) is -0.435. The second kappa shape index (κ2) is 5.82. The zero-order chi connectivity index (χ0) is 11.1. The molecule has 1 aromatic rings. The summed E-state index contributed by atoms with van der Waals surface area (Å²) in [7, 11) is 0. The van der Waals surface area contributed by atoms with Crippen LogP contribution in [0.5, 0.6) is 0 Å². The number of hydrogen-bond acceptors (Lipinski definition) is 3. The molecule has 78 valence electrons. The normalized spacial score (nSPS) is 11.5. The lowest BCUT2D eigenvalue weighted by Crippen LogP contribution is -2.16. The number of ether oxygens (including phenoxy) is 1. The second-order valence-corrected chi connectivity index (χ2v) is 3.18. The Morgan fingerprint density at radius 2 is 2.13 bits per heavy atom. The van der Waals surface area contributed by atoms with E-state index >= 15 is 0 Å².